The zero-order valence-electron chi connectivity index (χ0n) is 19.0. The van der Waals surface area contributed by atoms with Gasteiger partial charge < -0.3 is 9.47 Å². The van der Waals surface area contributed by atoms with E-state index in [0.29, 0.717) is 42.0 Å². The predicted octanol–water partition coefficient (Wildman–Crippen LogP) is 4.50. The summed E-state index contributed by atoms with van der Waals surface area (Å²) >= 11 is 13.9. The van der Waals surface area contributed by atoms with Crippen molar-refractivity contribution in [3.8, 4) is 5.75 Å². The monoisotopic (exact) mass is 516 g/mol. The molecular formula is C25H22Cl2N2O4S. The molecule has 9 heteroatoms. The molecule has 176 valence electrons. The number of benzene rings is 2. The Hall–Kier alpha value is -2.87. The molecule has 2 aromatic carbocycles. The van der Waals surface area contributed by atoms with Crippen LogP contribution < -0.4 is 19.6 Å². The summed E-state index contributed by atoms with van der Waals surface area (Å²) in [5, 5.41) is 0.950. The van der Waals surface area contributed by atoms with Gasteiger partial charge in [-0.05, 0) is 56.7 Å². The maximum atomic E-state index is 13.7. The van der Waals surface area contributed by atoms with Crippen molar-refractivity contribution in [2.75, 3.05) is 7.11 Å². The fraction of sp³-hybridized carbons (Fsp3) is 0.240. The molecule has 0 bridgehead atoms. The number of allylic oxidation sites excluding steroid dienone is 1. The molecule has 0 amide bonds. The normalized spacial score (nSPS) is 15.9. The molecule has 0 fully saturated rings. The first-order valence-corrected chi connectivity index (χ1v) is 12.1. The molecule has 3 aromatic rings. The van der Waals surface area contributed by atoms with Crippen molar-refractivity contribution >= 4 is 46.6 Å². The van der Waals surface area contributed by atoms with Crippen LogP contribution in [0.15, 0.2) is 63.5 Å². The maximum absolute atomic E-state index is 13.7. The smallest absolute Gasteiger partial charge is 0.338 e. The zero-order chi connectivity index (χ0) is 24.6. The number of esters is 1. The fourth-order valence-corrected chi connectivity index (χ4v) is 5.27. The van der Waals surface area contributed by atoms with E-state index in [4.69, 9.17) is 32.7 Å². The molecule has 1 aliphatic rings. The van der Waals surface area contributed by atoms with Gasteiger partial charge in [-0.3, -0.25) is 9.36 Å². The van der Waals surface area contributed by atoms with Crippen molar-refractivity contribution in [1.29, 1.82) is 0 Å². The highest BCUT2D eigenvalue weighted by Gasteiger charge is 2.34. The minimum atomic E-state index is -0.778. The second kappa shape index (κ2) is 9.78. The van der Waals surface area contributed by atoms with E-state index in [1.54, 1.807) is 70.4 Å². The number of hydrogen-bond acceptors (Lipinski definition) is 6. The number of rotatable bonds is 5. The van der Waals surface area contributed by atoms with E-state index in [0.717, 1.165) is 0 Å². The maximum Gasteiger partial charge on any atom is 0.338 e. The van der Waals surface area contributed by atoms with Crippen molar-refractivity contribution in [2.45, 2.75) is 32.9 Å². The Labute approximate surface area is 210 Å². The van der Waals surface area contributed by atoms with Crippen LogP contribution in [0.2, 0.25) is 10.0 Å². The Balaban J connectivity index is 1.99. The molecule has 0 saturated carbocycles. The quantitative estimate of drug-likeness (QED) is 0.468. The minimum Gasteiger partial charge on any atom is -0.496 e. The van der Waals surface area contributed by atoms with E-state index < -0.39 is 12.0 Å². The van der Waals surface area contributed by atoms with Gasteiger partial charge in [0.2, 0.25) is 0 Å². The Morgan fingerprint density at radius 2 is 1.94 bits per heavy atom. The van der Waals surface area contributed by atoms with Crippen molar-refractivity contribution < 1.29 is 14.3 Å². The molecule has 0 spiro atoms. The highest BCUT2D eigenvalue weighted by molar-refractivity contribution is 7.07. The highest BCUT2D eigenvalue weighted by atomic mass is 35.5. The topological polar surface area (TPSA) is 69.9 Å². The molecule has 34 heavy (non-hydrogen) atoms. The first-order chi connectivity index (χ1) is 16.2. The van der Waals surface area contributed by atoms with Gasteiger partial charge >= 0.3 is 5.97 Å². The number of thiazole rings is 1. The minimum absolute atomic E-state index is 0.279. The number of carbonyl (C=O) groups excluding carboxylic acids is 1. The van der Waals surface area contributed by atoms with E-state index in [2.05, 4.69) is 4.99 Å². The summed E-state index contributed by atoms with van der Waals surface area (Å²) in [6.07, 6.45) is 1.38. The Bertz CT molecular complexity index is 1490. The summed E-state index contributed by atoms with van der Waals surface area (Å²) < 4.78 is 12.8. The van der Waals surface area contributed by atoms with Crippen LogP contribution >= 0.6 is 34.5 Å². The number of ether oxygens (including phenoxy) is 2. The van der Waals surface area contributed by atoms with Crippen LogP contribution in [-0.4, -0.2) is 23.8 Å². The summed E-state index contributed by atoms with van der Waals surface area (Å²) in [6.45, 7) is 5.27. The van der Waals surface area contributed by atoms with Crippen LogP contribution in [-0.2, 0) is 9.53 Å². The lowest BCUT2D eigenvalue weighted by Crippen LogP contribution is -2.40. The van der Waals surface area contributed by atoms with Crippen LogP contribution in [0.4, 0.5) is 0 Å². The summed E-state index contributed by atoms with van der Waals surface area (Å²) in [6, 6.07) is 11.5. The average molecular weight is 517 g/mol. The molecule has 2 heterocycles. The number of halogens is 2. The van der Waals surface area contributed by atoms with Gasteiger partial charge in [-0.1, -0.05) is 52.7 Å². The number of methoxy groups -OCH3 is 1. The lowest BCUT2D eigenvalue weighted by Gasteiger charge is -2.26. The van der Waals surface area contributed by atoms with Crippen LogP contribution in [0, 0.1) is 0 Å². The molecule has 1 unspecified atom stereocenters. The average Bonchev–Trinajstić information content (AvgIpc) is 3.07. The van der Waals surface area contributed by atoms with Crippen LogP contribution in [0.25, 0.3) is 6.08 Å². The number of nitrogens with zero attached hydrogens (tertiary/aromatic N) is 2. The Morgan fingerprint density at radius 3 is 2.62 bits per heavy atom. The van der Waals surface area contributed by atoms with Gasteiger partial charge in [-0.25, -0.2) is 9.79 Å². The number of aromatic nitrogens is 1. The van der Waals surface area contributed by atoms with Gasteiger partial charge in [-0.2, -0.15) is 0 Å². The summed E-state index contributed by atoms with van der Waals surface area (Å²) in [5.74, 6) is 0.0437. The molecular weight excluding hydrogens is 495 g/mol. The third-order valence-electron chi connectivity index (χ3n) is 5.26. The number of fused-ring (bicyclic) bond motifs is 1. The molecule has 1 atom stereocenters. The van der Waals surface area contributed by atoms with Crippen molar-refractivity contribution in [3.05, 3.63) is 94.6 Å². The third-order valence-corrected chi connectivity index (χ3v) is 6.82. The molecule has 0 aliphatic carbocycles. The van der Waals surface area contributed by atoms with E-state index in [9.17, 15) is 9.59 Å². The predicted molar refractivity (Wildman–Crippen MR) is 134 cm³/mol. The molecule has 4 rings (SSSR count). The molecule has 6 nitrogen and oxygen atoms in total. The van der Waals surface area contributed by atoms with Gasteiger partial charge in [-0.15, -0.1) is 0 Å². The molecule has 1 aromatic heterocycles. The molecule has 1 aliphatic heterocycles. The van der Waals surface area contributed by atoms with Crippen LogP contribution in [0.3, 0.4) is 0 Å². The summed E-state index contributed by atoms with van der Waals surface area (Å²) in [7, 11) is 1.55. The standard InChI is InChI=1S/C25H22Cl2N2O4S/c1-13(2)33-24(31)21-14(3)28-25-29(22(21)17-7-5-6-8-18(17)27)23(30)20(34-25)12-15-11-16(26)9-10-19(15)32-4/h5-13,22H,1-4H3. The van der Waals surface area contributed by atoms with Crippen molar-refractivity contribution in [3.63, 3.8) is 0 Å². The van der Waals surface area contributed by atoms with Crippen molar-refractivity contribution in [1.82, 2.24) is 4.57 Å². The van der Waals surface area contributed by atoms with Gasteiger partial charge in [0.05, 0.1) is 29.0 Å². The van der Waals surface area contributed by atoms with E-state index in [1.165, 1.54) is 15.9 Å². The second-order valence-electron chi connectivity index (χ2n) is 7.94. The first kappa shape index (κ1) is 24.3. The fourth-order valence-electron chi connectivity index (χ4n) is 3.81. The SMILES string of the molecule is COc1ccc(Cl)cc1C=c1sc2n(c1=O)C(c1ccccc1Cl)C(C(=O)OC(C)C)=C(C)N=2. The van der Waals surface area contributed by atoms with E-state index in [1.807, 2.05) is 6.07 Å². The van der Waals surface area contributed by atoms with Gasteiger partial charge in [0.25, 0.3) is 5.56 Å². The molecule has 0 N–H and O–H groups in total. The van der Waals surface area contributed by atoms with Crippen LogP contribution in [0.5, 0.6) is 5.75 Å². The van der Waals surface area contributed by atoms with E-state index >= 15 is 0 Å². The highest BCUT2D eigenvalue weighted by Crippen LogP contribution is 2.34. The lowest BCUT2D eigenvalue weighted by molar-refractivity contribution is -0.143. The Kier molecular flexibility index (Phi) is 6.98. The molecule has 0 saturated heterocycles. The Morgan fingerprint density at radius 1 is 1.21 bits per heavy atom. The summed E-state index contributed by atoms with van der Waals surface area (Å²) in [5.41, 5.74) is 1.72. The first-order valence-electron chi connectivity index (χ1n) is 10.5. The largest absolute Gasteiger partial charge is 0.496 e. The van der Waals surface area contributed by atoms with Crippen LogP contribution in [0.1, 0.15) is 37.9 Å². The van der Waals surface area contributed by atoms with Gasteiger partial charge in [0.15, 0.2) is 4.80 Å². The third kappa shape index (κ3) is 4.56. The van der Waals surface area contributed by atoms with Gasteiger partial charge in [0, 0.05) is 15.6 Å². The number of hydrogen-bond donors (Lipinski definition) is 0. The van der Waals surface area contributed by atoms with Gasteiger partial charge in [0.1, 0.15) is 11.8 Å². The van der Waals surface area contributed by atoms with Crippen molar-refractivity contribution in [2.24, 2.45) is 4.99 Å². The van der Waals surface area contributed by atoms with E-state index in [-0.39, 0.29) is 17.2 Å². The lowest BCUT2D eigenvalue weighted by atomic mass is 9.96. The summed E-state index contributed by atoms with van der Waals surface area (Å²) in [4.78, 5) is 31.8. The second-order valence-corrected chi connectivity index (χ2v) is 9.80. The zero-order valence-corrected chi connectivity index (χ0v) is 21.3. The molecule has 0 radical (unpaired) electrons. The number of carbonyl (C=O) groups is 1.